The van der Waals surface area contributed by atoms with Gasteiger partial charge in [-0.15, -0.1) is 0 Å². The molecule has 0 aliphatic rings. The Morgan fingerprint density at radius 2 is 1.13 bits per heavy atom. The van der Waals surface area contributed by atoms with Gasteiger partial charge < -0.3 is 9.47 Å². The van der Waals surface area contributed by atoms with E-state index in [4.69, 9.17) is 9.47 Å². The van der Waals surface area contributed by atoms with E-state index in [1.54, 1.807) is 0 Å². The van der Waals surface area contributed by atoms with Crippen LogP contribution in [0.4, 0.5) is 17.1 Å². The Kier molecular flexibility index (Phi) is 5.67. The van der Waals surface area contributed by atoms with Crippen molar-refractivity contribution in [1.29, 1.82) is 0 Å². The largest absolute Gasteiger partial charge is 0.433 e. The molecule has 3 aromatic rings. The number of rotatable bonds is 7. The van der Waals surface area contributed by atoms with Crippen LogP contribution in [0.25, 0.3) is 0 Å². The molecule has 2 aromatic carbocycles. The molecular formula is C18H13N5O8. The van der Waals surface area contributed by atoms with Gasteiger partial charge in [0.15, 0.2) is 0 Å². The van der Waals surface area contributed by atoms with Crippen LogP contribution in [0.3, 0.4) is 0 Å². The first kappa shape index (κ1) is 21.0. The SMILES string of the molecule is Cc1ccc(Oc2ncnc(Oc3ccc(C)c([N+](=O)[O-])c3)c2[N+](=O)[O-])cc1[N+](=O)[O-]. The van der Waals surface area contributed by atoms with Crippen molar-refractivity contribution in [2.75, 3.05) is 0 Å². The van der Waals surface area contributed by atoms with Gasteiger partial charge in [0.25, 0.3) is 11.4 Å². The number of aromatic nitrogens is 2. The van der Waals surface area contributed by atoms with E-state index in [2.05, 4.69) is 9.97 Å². The molecule has 0 bridgehead atoms. The number of benzene rings is 2. The average molecular weight is 427 g/mol. The van der Waals surface area contributed by atoms with Crippen molar-refractivity contribution in [1.82, 2.24) is 9.97 Å². The molecule has 0 aliphatic heterocycles. The minimum absolute atomic E-state index is 0.0592. The van der Waals surface area contributed by atoms with E-state index in [0.29, 0.717) is 11.1 Å². The number of nitro benzene ring substituents is 2. The van der Waals surface area contributed by atoms with E-state index in [-0.39, 0.29) is 22.9 Å². The Hall–Kier alpha value is -4.68. The van der Waals surface area contributed by atoms with Crippen LogP contribution in [-0.4, -0.2) is 24.7 Å². The minimum Gasteiger partial charge on any atom is -0.433 e. The summed E-state index contributed by atoms with van der Waals surface area (Å²) in [6, 6.07) is 7.82. The summed E-state index contributed by atoms with van der Waals surface area (Å²) in [5, 5.41) is 33.8. The van der Waals surface area contributed by atoms with Crippen molar-refractivity contribution in [2.24, 2.45) is 0 Å². The molecule has 0 aliphatic carbocycles. The van der Waals surface area contributed by atoms with Gasteiger partial charge in [-0.1, -0.05) is 0 Å². The molecule has 0 spiro atoms. The summed E-state index contributed by atoms with van der Waals surface area (Å²) in [6.07, 6.45) is 0.933. The molecule has 0 atom stereocenters. The molecule has 0 fully saturated rings. The Morgan fingerprint density at radius 1 is 0.710 bits per heavy atom. The van der Waals surface area contributed by atoms with Crippen LogP contribution in [0, 0.1) is 44.2 Å². The van der Waals surface area contributed by atoms with Crippen LogP contribution in [0.15, 0.2) is 42.7 Å². The van der Waals surface area contributed by atoms with E-state index >= 15 is 0 Å². The van der Waals surface area contributed by atoms with E-state index in [1.807, 2.05) is 0 Å². The summed E-state index contributed by atoms with van der Waals surface area (Å²) in [5.41, 5.74) is -0.483. The molecule has 3 rings (SSSR count). The molecule has 0 amide bonds. The lowest BCUT2D eigenvalue weighted by Crippen LogP contribution is -2.02. The van der Waals surface area contributed by atoms with Gasteiger partial charge in [-0.3, -0.25) is 30.3 Å². The second kappa shape index (κ2) is 8.36. The van der Waals surface area contributed by atoms with Crippen LogP contribution < -0.4 is 9.47 Å². The van der Waals surface area contributed by atoms with Gasteiger partial charge in [0.05, 0.1) is 26.9 Å². The summed E-state index contributed by atoms with van der Waals surface area (Å²) in [5.74, 6) is -1.16. The van der Waals surface area contributed by atoms with Gasteiger partial charge >= 0.3 is 17.4 Å². The highest BCUT2D eigenvalue weighted by Crippen LogP contribution is 2.39. The molecule has 0 saturated heterocycles. The summed E-state index contributed by atoms with van der Waals surface area (Å²) in [4.78, 5) is 39.2. The Bertz CT molecular complexity index is 1130. The van der Waals surface area contributed by atoms with Crippen molar-refractivity contribution < 1.29 is 24.2 Å². The highest BCUT2D eigenvalue weighted by molar-refractivity contribution is 5.54. The zero-order valence-electron chi connectivity index (χ0n) is 16.0. The van der Waals surface area contributed by atoms with Crippen LogP contribution in [0.2, 0.25) is 0 Å². The highest BCUT2D eigenvalue weighted by atomic mass is 16.6. The van der Waals surface area contributed by atoms with Crippen LogP contribution in [0.1, 0.15) is 11.1 Å². The number of aryl methyl sites for hydroxylation is 2. The minimum atomic E-state index is -0.851. The maximum absolute atomic E-state index is 11.6. The Balaban J connectivity index is 2.00. The zero-order valence-corrected chi connectivity index (χ0v) is 16.0. The molecular weight excluding hydrogens is 414 g/mol. The average Bonchev–Trinajstić information content (AvgIpc) is 2.70. The van der Waals surface area contributed by atoms with Crippen molar-refractivity contribution in [3.8, 4) is 23.3 Å². The lowest BCUT2D eigenvalue weighted by atomic mass is 10.2. The molecule has 1 heterocycles. The fourth-order valence-corrected chi connectivity index (χ4v) is 2.58. The van der Waals surface area contributed by atoms with Crippen molar-refractivity contribution >= 4 is 17.1 Å². The highest BCUT2D eigenvalue weighted by Gasteiger charge is 2.28. The maximum atomic E-state index is 11.6. The lowest BCUT2D eigenvalue weighted by molar-refractivity contribution is -0.387. The summed E-state index contributed by atoms with van der Waals surface area (Å²) >= 11 is 0. The molecule has 1 aromatic heterocycles. The van der Waals surface area contributed by atoms with Crippen LogP contribution in [-0.2, 0) is 0 Å². The summed E-state index contributed by atoms with van der Waals surface area (Å²) < 4.78 is 10.8. The quantitative estimate of drug-likeness (QED) is 0.388. The van der Waals surface area contributed by atoms with E-state index in [9.17, 15) is 30.3 Å². The third-order valence-corrected chi connectivity index (χ3v) is 4.12. The molecule has 0 N–H and O–H groups in total. The van der Waals surface area contributed by atoms with Crippen molar-refractivity contribution in [3.05, 3.63) is 84.2 Å². The first-order chi connectivity index (χ1) is 14.7. The number of hydrogen-bond acceptors (Lipinski definition) is 10. The van der Waals surface area contributed by atoms with Gasteiger partial charge in [0.1, 0.15) is 17.8 Å². The normalized spacial score (nSPS) is 10.4. The van der Waals surface area contributed by atoms with Gasteiger partial charge in [0.2, 0.25) is 0 Å². The number of nitro groups is 3. The fraction of sp³-hybridized carbons (Fsp3) is 0.111. The number of nitrogens with zero attached hydrogens (tertiary/aromatic N) is 5. The van der Waals surface area contributed by atoms with Gasteiger partial charge in [-0.25, -0.2) is 0 Å². The molecule has 0 unspecified atom stereocenters. The molecule has 13 nitrogen and oxygen atoms in total. The number of hydrogen-bond donors (Lipinski definition) is 0. The van der Waals surface area contributed by atoms with Crippen LogP contribution in [0.5, 0.6) is 23.3 Å². The second-order valence-electron chi connectivity index (χ2n) is 6.20. The Morgan fingerprint density at radius 3 is 1.48 bits per heavy atom. The third kappa shape index (κ3) is 4.50. The Labute approximate surface area is 173 Å². The van der Waals surface area contributed by atoms with Crippen molar-refractivity contribution in [3.63, 3.8) is 0 Å². The standard InChI is InChI=1S/C18H13N5O8/c1-10-3-5-12(7-14(10)21(24)25)30-17-16(23(28)29)18(20-9-19-17)31-13-6-4-11(2)15(8-13)22(26)27/h3-9H,1-2H3. The predicted molar refractivity (Wildman–Crippen MR) is 105 cm³/mol. The molecule has 31 heavy (non-hydrogen) atoms. The van der Waals surface area contributed by atoms with E-state index in [0.717, 1.165) is 18.5 Å². The molecule has 13 heteroatoms. The van der Waals surface area contributed by atoms with E-state index < -0.39 is 32.2 Å². The van der Waals surface area contributed by atoms with Gasteiger partial charge in [0, 0.05) is 11.1 Å². The molecule has 0 radical (unpaired) electrons. The monoisotopic (exact) mass is 427 g/mol. The summed E-state index contributed by atoms with van der Waals surface area (Å²) in [6.45, 7) is 3.06. The molecule has 0 saturated carbocycles. The topological polar surface area (TPSA) is 174 Å². The molecule has 158 valence electrons. The smallest absolute Gasteiger partial charge is 0.393 e. The lowest BCUT2D eigenvalue weighted by Gasteiger charge is -2.09. The maximum Gasteiger partial charge on any atom is 0.393 e. The van der Waals surface area contributed by atoms with Crippen LogP contribution >= 0.6 is 0 Å². The number of ether oxygens (including phenoxy) is 2. The second-order valence-corrected chi connectivity index (χ2v) is 6.20. The van der Waals surface area contributed by atoms with Gasteiger partial charge in [-0.2, -0.15) is 9.97 Å². The fourth-order valence-electron chi connectivity index (χ4n) is 2.58. The zero-order chi connectivity index (χ0) is 22.7. The van der Waals surface area contributed by atoms with Crippen molar-refractivity contribution in [2.45, 2.75) is 13.8 Å². The predicted octanol–water partition coefficient (Wildman–Crippen LogP) is 4.40. The first-order valence-corrected chi connectivity index (χ1v) is 8.52. The third-order valence-electron chi connectivity index (χ3n) is 4.12. The van der Waals surface area contributed by atoms with E-state index in [1.165, 1.54) is 38.1 Å². The first-order valence-electron chi connectivity index (χ1n) is 8.52. The van der Waals surface area contributed by atoms with Gasteiger partial charge in [-0.05, 0) is 38.1 Å². The summed E-state index contributed by atoms with van der Waals surface area (Å²) in [7, 11) is 0.